The molecule has 6 nitrogen and oxygen atoms in total. The van der Waals surface area contributed by atoms with Gasteiger partial charge < -0.3 is 16.6 Å². The van der Waals surface area contributed by atoms with E-state index in [0.29, 0.717) is 5.69 Å². The Balaban J connectivity index is 2.72. The topological polar surface area (TPSA) is 119 Å². The molecule has 0 aromatic carbocycles. The van der Waals surface area contributed by atoms with Gasteiger partial charge in [-0.3, -0.25) is 14.6 Å². The van der Waals surface area contributed by atoms with Crippen molar-refractivity contribution in [2.24, 2.45) is 11.5 Å². The Morgan fingerprint density at radius 3 is 2.53 bits per heavy atom. The van der Waals surface area contributed by atoms with Gasteiger partial charge in [-0.25, -0.2) is 0 Å². The highest BCUT2D eigenvalue weighted by Crippen LogP contribution is 2.02. The SMILES string of the molecule is NC(=O)c1ccc(C[C@H](N)C(=O)O)nc1. The van der Waals surface area contributed by atoms with Crippen molar-refractivity contribution in [2.45, 2.75) is 12.5 Å². The van der Waals surface area contributed by atoms with E-state index in [2.05, 4.69) is 4.98 Å². The van der Waals surface area contributed by atoms with E-state index < -0.39 is 17.9 Å². The predicted molar refractivity (Wildman–Crippen MR) is 52.1 cm³/mol. The molecule has 6 heteroatoms. The van der Waals surface area contributed by atoms with E-state index in [1.807, 2.05) is 0 Å². The van der Waals surface area contributed by atoms with Gasteiger partial charge in [0, 0.05) is 18.3 Å². The maximum atomic E-state index is 10.7. The fourth-order valence-corrected chi connectivity index (χ4v) is 1.00. The molecule has 1 aromatic rings. The number of hydrogen-bond donors (Lipinski definition) is 3. The quantitative estimate of drug-likeness (QED) is 0.595. The minimum Gasteiger partial charge on any atom is -0.480 e. The lowest BCUT2D eigenvalue weighted by atomic mass is 10.1. The third-order valence-electron chi connectivity index (χ3n) is 1.86. The fraction of sp³-hybridized carbons (Fsp3) is 0.222. The fourth-order valence-electron chi connectivity index (χ4n) is 1.00. The molecule has 0 saturated carbocycles. The van der Waals surface area contributed by atoms with Crippen LogP contribution in [0.25, 0.3) is 0 Å². The van der Waals surface area contributed by atoms with E-state index in [1.54, 1.807) is 0 Å². The molecule has 0 aliphatic heterocycles. The van der Waals surface area contributed by atoms with Crippen LogP contribution in [0.4, 0.5) is 0 Å². The molecule has 0 spiro atoms. The van der Waals surface area contributed by atoms with Gasteiger partial charge in [-0.1, -0.05) is 0 Å². The lowest BCUT2D eigenvalue weighted by molar-refractivity contribution is -0.138. The van der Waals surface area contributed by atoms with Gasteiger partial charge in [0.05, 0.1) is 5.56 Å². The average molecular weight is 209 g/mol. The molecule has 0 aliphatic rings. The summed E-state index contributed by atoms with van der Waals surface area (Å²) >= 11 is 0. The van der Waals surface area contributed by atoms with Gasteiger partial charge in [0.15, 0.2) is 0 Å². The first-order valence-electron chi connectivity index (χ1n) is 4.24. The van der Waals surface area contributed by atoms with Gasteiger partial charge in [-0.05, 0) is 12.1 Å². The number of carboxylic acid groups (broad SMARTS) is 1. The van der Waals surface area contributed by atoms with E-state index >= 15 is 0 Å². The van der Waals surface area contributed by atoms with Crippen molar-refractivity contribution in [3.63, 3.8) is 0 Å². The molecule has 1 amide bonds. The highest BCUT2D eigenvalue weighted by molar-refractivity contribution is 5.92. The molecule has 0 aliphatic carbocycles. The summed E-state index contributed by atoms with van der Waals surface area (Å²) in [4.78, 5) is 25.0. The second-order valence-electron chi connectivity index (χ2n) is 3.05. The van der Waals surface area contributed by atoms with Gasteiger partial charge in [0.2, 0.25) is 5.91 Å². The number of pyridine rings is 1. The van der Waals surface area contributed by atoms with Crippen molar-refractivity contribution in [1.82, 2.24) is 4.98 Å². The van der Waals surface area contributed by atoms with E-state index in [0.717, 1.165) is 0 Å². The number of rotatable bonds is 4. The second kappa shape index (κ2) is 4.52. The van der Waals surface area contributed by atoms with Crippen molar-refractivity contribution in [1.29, 1.82) is 0 Å². The third kappa shape index (κ3) is 3.03. The Bertz CT molecular complexity index is 375. The number of carbonyl (C=O) groups excluding carboxylic acids is 1. The standard InChI is InChI=1S/C9H11N3O3/c10-7(9(14)15)3-6-2-1-5(4-12-6)8(11)13/h1-2,4,7H,3,10H2,(H2,11,13)(H,14,15)/t7-/m0/s1. The molecule has 1 atom stereocenters. The lowest BCUT2D eigenvalue weighted by Gasteiger charge is -2.05. The number of aliphatic carboxylic acids is 1. The van der Waals surface area contributed by atoms with Gasteiger partial charge in [-0.15, -0.1) is 0 Å². The van der Waals surface area contributed by atoms with E-state index in [1.165, 1.54) is 18.3 Å². The van der Waals surface area contributed by atoms with E-state index in [4.69, 9.17) is 16.6 Å². The summed E-state index contributed by atoms with van der Waals surface area (Å²) in [5.41, 5.74) is 11.1. The molecule has 0 saturated heterocycles. The summed E-state index contributed by atoms with van der Waals surface area (Å²) in [5, 5.41) is 8.56. The van der Waals surface area contributed by atoms with Crippen LogP contribution in [0.15, 0.2) is 18.3 Å². The number of nitrogens with two attached hydrogens (primary N) is 2. The van der Waals surface area contributed by atoms with Crippen LogP contribution in [-0.2, 0) is 11.2 Å². The second-order valence-corrected chi connectivity index (χ2v) is 3.05. The summed E-state index contributed by atoms with van der Waals surface area (Å²) in [7, 11) is 0. The summed E-state index contributed by atoms with van der Waals surface area (Å²) in [6, 6.07) is 2.03. The number of hydrogen-bond acceptors (Lipinski definition) is 4. The highest BCUT2D eigenvalue weighted by Gasteiger charge is 2.12. The Kier molecular flexibility index (Phi) is 3.35. The van der Waals surface area contributed by atoms with Crippen LogP contribution in [0.1, 0.15) is 16.1 Å². The first-order valence-corrected chi connectivity index (χ1v) is 4.24. The Morgan fingerprint density at radius 2 is 2.13 bits per heavy atom. The van der Waals surface area contributed by atoms with E-state index in [9.17, 15) is 9.59 Å². The van der Waals surface area contributed by atoms with Crippen LogP contribution in [0.3, 0.4) is 0 Å². The lowest BCUT2D eigenvalue weighted by Crippen LogP contribution is -2.32. The highest BCUT2D eigenvalue weighted by atomic mass is 16.4. The summed E-state index contributed by atoms with van der Waals surface area (Å²) in [5.74, 6) is -1.66. The van der Waals surface area contributed by atoms with Crippen molar-refractivity contribution in [3.8, 4) is 0 Å². The molecule has 1 heterocycles. The minimum absolute atomic E-state index is 0.119. The van der Waals surface area contributed by atoms with Gasteiger partial charge in [0.25, 0.3) is 0 Å². The maximum absolute atomic E-state index is 10.7. The van der Waals surface area contributed by atoms with Crippen LogP contribution >= 0.6 is 0 Å². The predicted octanol–water partition coefficient (Wildman–Crippen LogP) is -0.865. The number of primary amides is 1. The molecule has 15 heavy (non-hydrogen) atoms. The monoisotopic (exact) mass is 209 g/mol. The maximum Gasteiger partial charge on any atom is 0.320 e. The van der Waals surface area contributed by atoms with Crippen LogP contribution in [-0.4, -0.2) is 28.0 Å². The molecule has 0 fully saturated rings. The first-order chi connectivity index (χ1) is 7.00. The van der Waals surface area contributed by atoms with Gasteiger partial charge in [-0.2, -0.15) is 0 Å². The molecule has 0 bridgehead atoms. The number of carbonyl (C=O) groups is 2. The zero-order chi connectivity index (χ0) is 11.4. The van der Waals surface area contributed by atoms with Crippen LogP contribution in [0, 0.1) is 0 Å². The minimum atomic E-state index is -1.09. The summed E-state index contributed by atoms with van der Waals surface area (Å²) in [6.07, 6.45) is 1.42. The smallest absolute Gasteiger partial charge is 0.320 e. The average Bonchev–Trinajstić information content (AvgIpc) is 2.18. The number of carboxylic acids is 1. The molecule has 1 rings (SSSR count). The van der Waals surface area contributed by atoms with Crippen LogP contribution in [0.2, 0.25) is 0 Å². The Morgan fingerprint density at radius 1 is 1.47 bits per heavy atom. The number of nitrogens with zero attached hydrogens (tertiary/aromatic N) is 1. The van der Waals surface area contributed by atoms with Crippen molar-refractivity contribution in [2.75, 3.05) is 0 Å². The summed E-state index contributed by atoms with van der Waals surface area (Å²) < 4.78 is 0. The number of aromatic nitrogens is 1. The van der Waals surface area contributed by atoms with Crippen molar-refractivity contribution < 1.29 is 14.7 Å². The van der Waals surface area contributed by atoms with Crippen LogP contribution < -0.4 is 11.5 Å². The molecule has 5 N–H and O–H groups in total. The largest absolute Gasteiger partial charge is 0.480 e. The molecular formula is C9H11N3O3. The van der Waals surface area contributed by atoms with Crippen molar-refractivity contribution >= 4 is 11.9 Å². The van der Waals surface area contributed by atoms with Crippen LogP contribution in [0.5, 0.6) is 0 Å². The zero-order valence-electron chi connectivity index (χ0n) is 7.88. The van der Waals surface area contributed by atoms with E-state index in [-0.39, 0.29) is 12.0 Å². The molecule has 0 radical (unpaired) electrons. The molecular weight excluding hydrogens is 198 g/mol. The van der Waals surface area contributed by atoms with Gasteiger partial charge in [0.1, 0.15) is 6.04 Å². The normalized spacial score (nSPS) is 12.1. The Hall–Kier alpha value is -1.95. The molecule has 0 unspecified atom stereocenters. The van der Waals surface area contributed by atoms with Crippen molar-refractivity contribution in [3.05, 3.63) is 29.6 Å². The molecule has 1 aromatic heterocycles. The molecule has 80 valence electrons. The first kappa shape index (κ1) is 11.1. The Labute approximate surface area is 85.9 Å². The zero-order valence-corrected chi connectivity index (χ0v) is 7.88. The summed E-state index contributed by atoms with van der Waals surface area (Å²) in [6.45, 7) is 0. The number of amides is 1. The van der Waals surface area contributed by atoms with Gasteiger partial charge >= 0.3 is 5.97 Å². The third-order valence-corrected chi connectivity index (χ3v) is 1.86.